The Morgan fingerprint density at radius 3 is 2.77 bits per heavy atom. The Balaban J connectivity index is 0.945. The average Bonchev–Trinajstić information content (AvgIpc) is 3.36. The zero-order chi connectivity index (χ0) is 35.6. The summed E-state index contributed by atoms with van der Waals surface area (Å²) in [5.41, 5.74) is 7.00. The van der Waals surface area contributed by atoms with Crippen LogP contribution in [0.2, 0.25) is 0 Å². The van der Waals surface area contributed by atoms with Crippen molar-refractivity contribution in [3.63, 3.8) is 0 Å². The fourth-order valence-electron chi connectivity index (χ4n) is 19.3. The van der Waals surface area contributed by atoms with E-state index in [2.05, 4.69) is 66.7 Å². The zero-order valence-corrected chi connectivity index (χ0v) is 33.4. The highest BCUT2D eigenvalue weighted by Crippen LogP contribution is 2.92. The quantitative estimate of drug-likeness (QED) is 0.182. The summed E-state index contributed by atoms with van der Waals surface area (Å²) in [5.74, 6) is 3.88. The summed E-state index contributed by atoms with van der Waals surface area (Å²) >= 11 is 0. The van der Waals surface area contributed by atoms with Gasteiger partial charge in [0.15, 0.2) is 0 Å². The number of hydrogen-bond donors (Lipinski definition) is 3. The van der Waals surface area contributed by atoms with Crippen LogP contribution in [0.15, 0.2) is 47.1 Å². The summed E-state index contributed by atoms with van der Waals surface area (Å²) in [4.78, 5) is 3.21. The van der Waals surface area contributed by atoms with Crippen LogP contribution in [-0.4, -0.2) is 65.7 Å². The minimum Gasteiger partial charge on any atom is -0.396 e. The lowest BCUT2D eigenvalue weighted by Gasteiger charge is -2.75. The fourth-order valence-corrected chi connectivity index (χ4v) is 19.3. The Bertz CT molecular complexity index is 1710. The lowest BCUT2D eigenvalue weighted by Crippen LogP contribution is -2.75. The van der Waals surface area contributed by atoms with Gasteiger partial charge in [-0.25, -0.2) is 0 Å². The predicted molar refractivity (Wildman–Crippen MR) is 211 cm³/mol. The SMILES string of the molecule is CC1=C2C[C@]34[C@]5(CC[C@H]6CC[C@H](OCC[C@H]7CC[C@H]8NCN[C@H]8C7)C[C@H]65)C[C@@H](C)[C@@]2(CC1)[C@@]3(C)CC=C1C=C[C@@]23C=C[C@]14N1C[C@@]12CC[C@@H]3CCCO. The van der Waals surface area contributed by atoms with E-state index in [1.807, 2.05) is 5.57 Å². The monoisotopic (exact) mass is 720 g/mol. The van der Waals surface area contributed by atoms with Crippen molar-refractivity contribution in [2.24, 2.45) is 56.7 Å². The summed E-state index contributed by atoms with van der Waals surface area (Å²) in [7, 11) is 0. The highest BCUT2D eigenvalue weighted by molar-refractivity contribution is 5.63. The van der Waals surface area contributed by atoms with Crippen molar-refractivity contribution in [3.05, 3.63) is 47.1 Å². The number of hydrogen-bond acceptors (Lipinski definition) is 5. The maximum Gasteiger partial charge on any atom is 0.0719 e. The Morgan fingerprint density at radius 2 is 1.87 bits per heavy atom. The predicted octanol–water partition coefficient (Wildman–Crippen LogP) is 8.61. The van der Waals surface area contributed by atoms with Crippen LogP contribution >= 0.6 is 0 Å². The molecule has 0 aromatic heterocycles. The molecule has 9 aliphatic carbocycles. The molecule has 1 unspecified atom stereocenters. The molecule has 16 atom stereocenters. The van der Waals surface area contributed by atoms with Gasteiger partial charge in [-0.1, -0.05) is 55.4 Å². The number of aliphatic hydroxyl groups is 1. The van der Waals surface area contributed by atoms with E-state index in [1.54, 1.807) is 11.1 Å². The van der Waals surface area contributed by atoms with Gasteiger partial charge in [0.25, 0.3) is 0 Å². The Kier molecular flexibility index (Phi) is 7.04. The van der Waals surface area contributed by atoms with Crippen molar-refractivity contribution >= 4 is 0 Å². The molecular formula is C48H69N3O2. The van der Waals surface area contributed by atoms with E-state index in [4.69, 9.17) is 4.74 Å². The van der Waals surface area contributed by atoms with Gasteiger partial charge in [0.2, 0.25) is 0 Å². The molecule has 0 aromatic rings. The van der Waals surface area contributed by atoms with Crippen LogP contribution in [0, 0.1) is 56.7 Å². The number of ether oxygens (including phenoxy) is 1. The lowest BCUT2D eigenvalue weighted by molar-refractivity contribution is -0.239. The molecule has 3 N–H and O–H groups in total. The first kappa shape index (κ1) is 33.9. The van der Waals surface area contributed by atoms with Crippen molar-refractivity contribution in [3.8, 4) is 0 Å². The first-order valence-corrected chi connectivity index (χ1v) is 23.0. The van der Waals surface area contributed by atoms with E-state index < -0.39 is 0 Å². The summed E-state index contributed by atoms with van der Waals surface area (Å²) in [6.45, 7) is 11.8. The van der Waals surface area contributed by atoms with Gasteiger partial charge >= 0.3 is 0 Å². The van der Waals surface area contributed by atoms with Gasteiger partial charge in [-0.15, -0.1) is 0 Å². The molecule has 8 fully saturated rings. The van der Waals surface area contributed by atoms with E-state index >= 15 is 0 Å². The molecule has 53 heavy (non-hydrogen) atoms. The third-order valence-electron chi connectivity index (χ3n) is 21.2. The van der Waals surface area contributed by atoms with E-state index in [0.717, 1.165) is 49.8 Å². The van der Waals surface area contributed by atoms with Crippen LogP contribution in [0.4, 0.5) is 0 Å². The standard InChI is InChI=1S/C48H69N3O2/c1-31-10-20-46-32(2)27-44(17-11-34-7-8-37(26-38(34)44)53-24-15-33-6-9-40-41(25-33)50-30-49-40)48(28-39(31)46)42(46,3)16-12-36-13-18-43-21-22-47(36,48)51-29-45(43,51)19-14-35(43)5-4-23-52/h12-13,18,21-22,32-35,37-38,40-41,49-50,52H,4-11,14-17,19-20,23-30H2,1-3H3/t32-,33-,34-,35+,37+,38-,40-,41+,42-,43+,44-,45-,46-,47+,48-,51?/m1/s1. The van der Waals surface area contributed by atoms with Crippen LogP contribution in [0.1, 0.15) is 136 Å². The second-order valence-corrected chi connectivity index (χ2v) is 21.8. The smallest absolute Gasteiger partial charge is 0.0719 e. The highest BCUT2D eigenvalue weighted by Gasteiger charge is 2.90. The molecule has 4 aliphatic heterocycles. The molecule has 5 spiro atoms. The fraction of sp³-hybridized carbons (Fsp3) is 0.833. The van der Waals surface area contributed by atoms with Gasteiger partial charge in [0, 0.05) is 60.3 Å². The maximum absolute atomic E-state index is 9.93. The molecule has 6 saturated carbocycles. The molecule has 5 heteroatoms. The minimum atomic E-state index is -0.00219. The second-order valence-electron chi connectivity index (χ2n) is 21.8. The van der Waals surface area contributed by atoms with E-state index in [-0.39, 0.29) is 27.3 Å². The van der Waals surface area contributed by atoms with Gasteiger partial charge < -0.3 is 20.5 Å². The van der Waals surface area contributed by atoms with E-state index in [0.29, 0.717) is 41.5 Å². The van der Waals surface area contributed by atoms with Crippen molar-refractivity contribution in [1.29, 1.82) is 0 Å². The van der Waals surface area contributed by atoms with Crippen molar-refractivity contribution in [1.82, 2.24) is 15.5 Å². The van der Waals surface area contributed by atoms with E-state index in [1.165, 1.54) is 109 Å². The van der Waals surface area contributed by atoms with Crippen molar-refractivity contribution < 1.29 is 9.84 Å². The number of allylic oxidation sites excluding steroid dienone is 3. The van der Waals surface area contributed by atoms with Crippen LogP contribution < -0.4 is 10.6 Å². The first-order valence-electron chi connectivity index (χ1n) is 23.0. The molecule has 0 aromatic carbocycles. The lowest BCUT2D eigenvalue weighted by atomic mass is 9.30. The van der Waals surface area contributed by atoms with Crippen molar-refractivity contribution in [2.75, 3.05) is 26.4 Å². The molecule has 4 heterocycles. The molecule has 5 nitrogen and oxygen atoms in total. The number of fused-ring (bicyclic) bond motifs is 3. The summed E-state index contributed by atoms with van der Waals surface area (Å²) in [5, 5.41) is 17.3. The Morgan fingerprint density at radius 1 is 0.962 bits per heavy atom. The third kappa shape index (κ3) is 3.65. The molecular weight excluding hydrogens is 651 g/mol. The van der Waals surface area contributed by atoms with Crippen molar-refractivity contribution in [2.45, 2.75) is 166 Å². The summed E-state index contributed by atoms with van der Waals surface area (Å²) < 4.78 is 7.10. The second kappa shape index (κ2) is 11.0. The molecule has 0 radical (unpaired) electrons. The van der Waals surface area contributed by atoms with E-state index in [9.17, 15) is 5.11 Å². The molecule has 2 saturated heterocycles. The number of rotatable bonds is 7. The zero-order valence-electron chi connectivity index (χ0n) is 33.4. The molecule has 13 aliphatic rings. The topological polar surface area (TPSA) is 56.5 Å². The average molecular weight is 720 g/mol. The Labute approximate surface area is 320 Å². The first-order chi connectivity index (χ1) is 25.7. The number of nitrogens with one attached hydrogen (secondary N) is 2. The Hall–Kier alpha value is -1.24. The van der Waals surface area contributed by atoms with Gasteiger partial charge in [0.1, 0.15) is 0 Å². The van der Waals surface area contributed by atoms with Gasteiger partial charge in [0.05, 0.1) is 11.6 Å². The van der Waals surface area contributed by atoms with Crippen LogP contribution in [-0.2, 0) is 4.74 Å². The van der Waals surface area contributed by atoms with Crippen LogP contribution in [0.25, 0.3) is 0 Å². The number of nitrogens with zero attached hydrogens (tertiary/aromatic N) is 1. The summed E-state index contributed by atoms with van der Waals surface area (Å²) in [6, 6.07) is 1.39. The largest absolute Gasteiger partial charge is 0.396 e. The molecule has 13 rings (SSSR count). The normalized spacial score (nSPS) is 57.4. The minimum absolute atomic E-state index is 0.00219. The van der Waals surface area contributed by atoms with Gasteiger partial charge in [-0.2, -0.15) is 0 Å². The van der Waals surface area contributed by atoms with Gasteiger partial charge in [-0.3, -0.25) is 4.90 Å². The summed E-state index contributed by atoms with van der Waals surface area (Å²) in [6.07, 6.45) is 38.2. The van der Waals surface area contributed by atoms with Crippen LogP contribution in [0.5, 0.6) is 0 Å². The number of aliphatic hydroxyl groups excluding tert-OH is 1. The third-order valence-corrected chi connectivity index (χ3v) is 21.2. The molecule has 4 bridgehead atoms. The highest BCUT2D eigenvalue weighted by atomic mass is 16.5. The molecule has 0 amide bonds. The maximum atomic E-state index is 9.93. The molecule has 288 valence electrons. The van der Waals surface area contributed by atoms with Gasteiger partial charge in [-0.05, 0) is 168 Å². The van der Waals surface area contributed by atoms with Crippen LogP contribution in [0.3, 0.4) is 0 Å².